The summed E-state index contributed by atoms with van der Waals surface area (Å²) in [6.45, 7) is 0. The van der Waals surface area contributed by atoms with Crippen molar-refractivity contribution in [3.05, 3.63) is 69.1 Å². The first-order valence-corrected chi connectivity index (χ1v) is 7.89. The summed E-state index contributed by atoms with van der Waals surface area (Å²) in [5.41, 5.74) is 1.06. The monoisotopic (exact) mass is 363 g/mol. The van der Waals surface area contributed by atoms with Crippen LogP contribution in [0.3, 0.4) is 0 Å². The summed E-state index contributed by atoms with van der Waals surface area (Å²) in [5, 5.41) is 9.19. The molecule has 0 N–H and O–H groups in total. The zero-order valence-electron chi connectivity index (χ0n) is 9.51. The van der Waals surface area contributed by atoms with E-state index in [1.165, 1.54) is 4.46 Å². The van der Waals surface area contributed by atoms with Crippen molar-refractivity contribution in [3.8, 4) is 6.07 Å². The van der Waals surface area contributed by atoms with Gasteiger partial charge in [0.2, 0.25) is 0 Å². The standard InChI is InChI=1S/C15H10BrNSe/c16-13-8-6-12(7-9-13)10-15(11-17)18-14-4-2-1-3-5-14/h1-10H/b15-10+. The van der Waals surface area contributed by atoms with Gasteiger partial charge in [0.05, 0.1) is 0 Å². The summed E-state index contributed by atoms with van der Waals surface area (Å²) >= 11 is 3.47. The minimum absolute atomic E-state index is 0.0725. The van der Waals surface area contributed by atoms with Crippen molar-refractivity contribution >= 4 is 41.4 Å². The van der Waals surface area contributed by atoms with E-state index in [0.717, 1.165) is 14.5 Å². The molecule has 1 nitrogen and oxygen atoms in total. The number of nitriles is 1. The fraction of sp³-hybridized carbons (Fsp3) is 0. The van der Waals surface area contributed by atoms with Gasteiger partial charge in [0.15, 0.2) is 0 Å². The van der Waals surface area contributed by atoms with Crippen LogP contribution in [0.5, 0.6) is 0 Å². The Morgan fingerprint density at radius 1 is 1.06 bits per heavy atom. The van der Waals surface area contributed by atoms with Crippen molar-refractivity contribution in [2.45, 2.75) is 0 Å². The summed E-state index contributed by atoms with van der Waals surface area (Å²) in [4.78, 5) is 0. The van der Waals surface area contributed by atoms with Gasteiger partial charge in [0.25, 0.3) is 0 Å². The molecule has 0 bridgehead atoms. The molecule has 0 fully saturated rings. The van der Waals surface area contributed by atoms with Gasteiger partial charge in [-0.25, -0.2) is 0 Å². The molecule has 18 heavy (non-hydrogen) atoms. The molecule has 0 atom stereocenters. The molecule has 0 saturated carbocycles. The predicted molar refractivity (Wildman–Crippen MR) is 79.6 cm³/mol. The van der Waals surface area contributed by atoms with E-state index < -0.39 is 0 Å². The van der Waals surface area contributed by atoms with Gasteiger partial charge in [-0.3, -0.25) is 0 Å². The first-order valence-electron chi connectivity index (χ1n) is 5.38. The van der Waals surface area contributed by atoms with E-state index in [1.54, 1.807) is 0 Å². The maximum absolute atomic E-state index is 9.19. The zero-order valence-corrected chi connectivity index (χ0v) is 12.8. The van der Waals surface area contributed by atoms with Crippen LogP contribution in [0, 0.1) is 11.3 Å². The molecule has 0 aromatic heterocycles. The Balaban J connectivity index is 2.19. The van der Waals surface area contributed by atoms with Crippen LogP contribution >= 0.6 is 15.9 Å². The number of benzene rings is 2. The van der Waals surface area contributed by atoms with Crippen LogP contribution in [-0.2, 0) is 0 Å². The Morgan fingerprint density at radius 3 is 2.33 bits per heavy atom. The van der Waals surface area contributed by atoms with Crippen molar-refractivity contribution in [2.24, 2.45) is 0 Å². The fourth-order valence-electron chi connectivity index (χ4n) is 1.41. The fourth-order valence-corrected chi connectivity index (χ4v) is 3.33. The molecule has 0 aliphatic heterocycles. The SMILES string of the molecule is N#C/C(=C\c1ccc(Br)cc1)[Se]c1ccccc1. The van der Waals surface area contributed by atoms with E-state index in [-0.39, 0.29) is 15.0 Å². The first-order chi connectivity index (χ1) is 8.78. The number of hydrogen-bond acceptors (Lipinski definition) is 1. The molecule has 0 aliphatic rings. The average Bonchev–Trinajstić information content (AvgIpc) is 2.41. The summed E-state index contributed by atoms with van der Waals surface area (Å²) in [6.07, 6.45) is 1.96. The van der Waals surface area contributed by atoms with Crippen LogP contribution in [0.4, 0.5) is 0 Å². The Hall–Kier alpha value is -1.33. The van der Waals surface area contributed by atoms with Crippen molar-refractivity contribution in [3.63, 3.8) is 0 Å². The molecule has 2 aromatic carbocycles. The number of hydrogen-bond donors (Lipinski definition) is 0. The van der Waals surface area contributed by atoms with Gasteiger partial charge in [-0.15, -0.1) is 0 Å². The third-order valence-corrected chi connectivity index (χ3v) is 4.74. The number of halogens is 1. The average molecular weight is 363 g/mol. The molecule has 0 amide bonds. The normalized spacial score (nSPS) is 11.0. The van der Waals surface area contributed by atoms with Gasteiger partial charge in [0.1, 0.15) is 0 Å². The molecule has 88 valence electrons. The maximum atomic E-state index is 9.19. The van der Waals surface area contributed by atoms with Crippen LogP contribution in [0.15, 0.2) is 63.5 Å². The topological polar surface area (TPSA) is 23.8 Å². The molecule has 0 saturated heterocycles. The van der Waals surface area contributed by atoms with Crippen molar-refractivity contribution in [1.82, 2.24) is 0 Å². The van der Waals surface area contributed by atoms with Crippen LogP contribution in [0.25, 0.3) is 6.08 Å². The third kappa shape index (κ3) is 3.85. The van der Waals surface area contributed by atoms with Crippen molar-refractivity contribution < 1.29 is 0 Å². The van der Waals surface area contributed by atoms with Gasteiger partial charge in [-0.1, -0.05) is 0 Å². The van der Waals surface area contributed by atoms with Gasteiger partial charge < -0.3 is 0 Å². The van der Waals surface area contributed by atoms with Crippen LogP contribution in [0.2, 0.25) is 0 Å². The molecule has 0 radical (unpaired) electrons. The van der Waals surface area contributed by atoms with Gasteiger partial charge >= 0.3 is 122 Å². The van der Waals surface area contributed by atoms with E-state index in [1.807, 2.05) is 48.5 Å². The summed E-state index contributed by atoms with van der Waals surface area (Å²) < 4.78 is 3.10. The van der Waals surface area contributed by atoms with Crippen LogP contribution in [0.1, 0.15) is 5.56 Å². The van der Waals surface area contributed by atoms with Gasteiger partial charge in [-0.05, 0) is 0 Å². The molecular formula is C15H10BrNSe. The quantitative estimate of drug-likeness (QED) is 0.606. The summed E-state index contributed by atoms with van der Waals surface area (Å²) in [5.74, 6) is 0. The van der Waals surface area contributed by atoms with Gasteiger partial charge in [0, 0.05) is 0 Å². The molecular weight excluding hydrogens is 353 g/mol. The molecule has 0 spiro atoms. The van der Waals surface area contributed by atoms with E-state index in [2.05, 4.69) is 34.1 Å². The van der Waals surface area contributed by atoms with Crippen LogP contribution in [-0.4, -0.2) is 15.0 Å². The van der Waals surface area contributed by atoms with E-state index in [9.17, 15) is 5.26 Å². The third-order valence-electron chi connectivity index (χ3n) is 2.25. The summed E-state index contributed by atoms with van der Waals surface area (Å²) in [6, 6.07) is 20.4. The van der Waals surface area contributed by atoms with E-state index in [4.69, 9.17) is 0 Å². The second kappa shape index (κ2) is 6.56. The zero-order chi connectivity index (χ0) is 12.8. The van der Waals surface area contributed by atoms with Crippen molar-refractivity contribution in [2.75, 3.05) is 0 Å². The van der Waals surface area contributed by atoms with Crippen molar-refractivity contribution in [1.29, 1.82) is 5.26 Å². The first kappa shape index (κ1) is 13.1. The molecule has 0 unspecified atom stereocenters. The Bertz CT molecular complexity index is 582. The molecule has 0 heterocycles. The Labute approximate surface area is 121 Å². The molecule has 0 aliphatic carbocycles. The minimum atomic E-state index is 0.0725. The van der Waals surface area contributed by atoms with Crippen LogP contribution < -0.4 is 4.46 Å². The molecule has 2 rings (SSSR count). The predicted octanol–water partition coefficient (Wildman–Crippen LogP) is 3.34. The number of allylic oxidation sites excluding steroid dienone is 1. The Morgan fingerprint density at radius 2 is 1.72 bits per heavy atom. The van der Waals surface area contributed by atoms with E-state index >= 15 is 0 Å². The number of nitrogens with zero attached hydrogens (tertiary/aromatic N) is 1. The number of rotatable bonds is 3. The summed E-state index contributed by atoms with van der Waals surface area (Å²) in [7, 11) is 0. The van der Waals surface area contributed by atoms with E-state index in [0.29, 0.717) is 0 Å². The second-order valence-corrected chi connectivity index (χ2v) is 6.84. The van der Waals surface area contributed by atoms with Gasteiger partial charge in [-0.2, -0.15) is 0 Å². The molecule has 2 aromatic rings. The Kier molecular flexibility index (Phi) is 4.78. The molecule has 3 heteroatoms. The second-order valence-electron chi connectivity index (χ2n) is 3.59.